The number of para-hydroxylation sites is 2. The van der Waals surface area contributed by atoms with E-state index in [-0.39, 0.29) is 5.54 Å². The van der Waals surface area contributed by atoms with Gasteiger partial charge in [-0.15, -0.1) is 0 Å². The number of allylic oxidation sites excluding steroid dienone is 1. The molecule has 0 N–H and O–H groups in total. The smallest absolute Gasteiger partial charge is 0.238 e. The second kappa shape index (κ2) is 16.0. The Morgan fingerprint density at radius 1 is 0.420 bits per heavy atom. The number of fused-ring (bicyclic) bond motifs is 9. The molecule has 1 aliphatic heterocycles. The minimum absolute atomic E-state index is 0.143. The van der Waals surface area contributed by atoms with E-state index in [9.17, 15) is 0 Å². The lowest BCUT2D eigenvalue weighted by Gasteiger charge is -2.34. The minimum atomic E-state index is -0.143. The molecule has 0 spiro atoms. The fourth-order valence-corrected chi connectivity index (χ4v) is 11.2. The van der Waals surface area contributed by atoms with Crippen LogP contribution < -0.4 is 4.57 Å². The Morgan fingerprint density at radius 2 is 0.971 bits per heavy atom. The second-order valence-corrected chi connectivity index (χ2v) is 18.2. The summed E-state index contributed by atoms with van der Waals surface area (Å²) < 4.78 is 7.07. The highest BCUT2D eigenvalue weighted by Gasteiger charge is 2.46. The summed E-state index contributed by atoms with van der Waals surface area (Å²) in [4.78, 5) is 15.7. The number of aromatic nitrogens is 6. The van der Waals surface area contributed by atoms with Crippen molar-refractivity contribution in [3.8, 4) is 67.9 Å². The largest absolute Gasteiger partial charge is 0.309 e. The van der Waals surface area contributed by atoms with Gasteiger partial charge in [-0.3, -0.25) is 4.57 Å². The zero-order chi connectivity index (χ0) is 46.2. The van der Waals surface area contributed by atoms with Gasteiger partial charge in [0, 0.05) is 68.9 Å². The Kier molecular flexibility index (Phi) is 9.37. The van der Waals surface area contributed by atoms with Gasteiger partial charge in [0.25, 0.3) is 0 Å². The standard InChI is InChI=1S/C63H47N6/c1-4-63(5-2)41(3)49-33-31-46(37-51(49)55-29-17-18-35-67(55)63)44-24-19-25-45(36-44)47-32-34-57-52(38-47)54-39-53-50-28-15-16-30-56(50)68(48-26-13-8-14-27-48)58(53)40-59(54)69(57)62-65-60(42-20-9-6-10-21-42)64-61(66-62)43-22-11-7-12-23-43/h6-40H,3-5H2,1-2H3/q+1. The molecule has 13 rings (SSSR count). The minimum Gasteiger partial charge on any atom is -0.309 e. The molecule has 6 nitrogen and oxygen atoms in total. The molecule has 8 aromatic carbocycles. The third kappa shape index (κ3) is 6.33. The van der Waals surface area contributed by atoms with Crippen LogP contribution in [0.1, 0.15) is 32.3 Å². The molecule has 0 bridgehead atoms. The van der Waals surface area contributed by atoms with Crippen molar-refractivity contribution in [2.24, 2.45) is 0 Å². The van der Waals surface area contributed by atoms with Gasteiger partial charge in [-0.25, -0.2) is 4.98 Å². The molecule has 12 aromatic rings. The van der Waals surface area contributed by atoms with Crippen LogP contribution >= 0.6 is 0 Å². The molecule has 69 heavy (non-hydrogen) atoms. The van der Waals surface area contributed by atoms with Gasteiger partial charge in [0.1, 0.15) is 0 Å². The number of pyridine rings is 1. The van der Waals surface area contributed by atoms with E-state index in [0.717, 1.165) is 79.2 Å². The van der Waals surface area contributed by atoms with Gasteiger partial charge in [0.2, 0.25) is 11.6 Å². The van der Waals surface area contributed by atoms with Crippen LogP contribution in [0, 0.1) is 0 Å². The third-order valence-corrected chi connectivity index (χ3v) is 14.7. The highest BCUT2D eigenvalue weighted by molar-refractivity contribution is 6.19. The van der Waals surface area contributed by atoms with Gasteiger partial charge in [-0.2, -0.15) is 14.5 Å². The van der Waals surface area contributed by atoms with E-state index in [1.165, 1.54) is 38.7 Å². The summed E-state index contributed by atoms with van der Waals surface area (Å²) in [7, 11) is 0. The predicted octanol–water partition coefficient (Wildman–Crippen LogP) is 15.2. The quantitative estimate of drug-likeness (QED) is 0.143. The summed E-state index contributed by atoms with van der Waals surface area (Å²) in [5.74, 6) is 1.79. The number of rotatable bonds is 8. The summed E-state index contributed by atoms with van der Waals surface area (Å²) in [5.41, 5.74) is 16.6. The SMILES string of the molecule is C=C1c2ccc(-c3cccc(-c4ccc5c(c4)c4cc6c7ccccc7n(-c7ccccc7)c6cc4n5-c4nc(-c5ccccc5)nc(-c5ccccc5)n4)c3)cc2-c2cccc[n+]2C1(CC)CC. The van der Waals surface area contributed by atoms with Crippen LogP contribution in [0.4, 0.5) is 0 Å². The fraction of sp³-hybridized carbons (Fsp3) is 0.0794. The molecule has 5 heterocycles. The molecule has 0 unspecified atom stereocenters. The van der Waals surface area contributed by atoms with Crippen LogP contribution in [0.15, 0.2) is 219 Å². The third-order valence-electron chi connectivity index (χ3n) is 14.7. The zero-order valence-corrected chi connectivity index (χ0v) is 38.5. The zero-order valence-electron chi connectivity index (χ0n) is 38.5. The highest BCUT2D eigenvalue weighted by atomic mass is 15.2. The summed E-state index contributed by atoms with van der Waals surface area (Å²) in [6, 6.07) is 73.7. The van der Waals surface area contributed by atoms with Crippen molar-refractivity contribution in [1.82, 2.24) is 24.1 Å². The van der Waals surface area contributed by atoms with E-state index in [1.54, 1.807) is 0 Å². The normalized spacial score (nSPS) is 13.0. The van der Waals surface area contributed by atoms with Crippen LogP contribution in [-0.4, -0.2) is 24.1 Å². The van der Waals surface area contributed by atoms with Crippen LogP contribution in [-0.2, 0) is 5.54 Å². The maximum absolute atomic E-state index is 5.29. The number of hydrogen-bond donors (Lipinski definition) is 0. The van der Waals surface area contributed by atoms with Gasteiger partial charge in [0.15, 0.2) is 23.4 Å². The lowest BCUT2D eigenvalue weighted by atomic mass is 9.75. The molecule has 0 saturated carbocycles. The van der Waals surface area contributed by atoms with Crippen molar-refractivity contribution in [2.75, 3.05) is 0 Å². The molecule has 1 aliphatic rings. The fourth-order valence-electron chi connectivity index (χ4n) is 11.2. The monoisotopic (exact) mass is 887 g/mol. The Balaban J connectivity index is 1.03. The molecule has 0 aliphatic carbocycles. The molecule has 328 valence electrons. The summed E-state index contributed by atoms with van der Waals surface area (Å²) in [6.45, 7) is 9.28. The van der Waals surface area contributed by atoms with Gasteiger partial charge >= 0.3 is 0 Å². The van der Waals surface area contributed by atoms with E-state index in [4.69, 9.17) is 21.5 Å². The number of hydrogen-bond acceptors (Lipinski definition) is 3. The van der Waals surface area contributed by atoms with Gasteiger partial charge < -0.3 is 4.57 Å². The number of benzene rings is 8. The van der Waals surface area contributed by atoms with E-state index in [0.29, 0.717) is 17.6 Å². The van der Waals surface area contributed by atoms with Crippen LogP contribution in [0.25, 0.3) is 117 Å². The van der Waals surface area contributed by atoms with Gasteiger partial charge in [-0.05, 0) is 88.5 Å². The lowest BCUT2D eigenvalue weighted by molar-refractivity contribution is -0.741. The van der Waals surface area contributed by atoms with Gasteiger partial charge in [0.05, 0.1) is 27.6 Å². The summed E-state index contributed by atoms with van der Waals surface area (Å²) in [6.07, 6.45) is 4.20. The maximum Gasteiger partial charge on any atom is 0.238 e. The topological polar surface area (TPSA) is 52.4 Å². The second-order valence-electron chi connectivity index (χ2n) is 18.2. The van der Waals surface area contributed by atoms with E-state index in [2.05, 4.69) is 204 Å². The van der Waals surface area contributed by atoms with Crippen molar-refractivity contribution in [3.05, 3.63) is 225 Å². The van der Waals surface area contributed by atoms with Crippen molar-refractivity contribution in [1.29, 1.82) is 0 Å². The molecule has 0 radical (unpaired) electrons. The highest BCUT2D eigenvalue weighted by Crippen LogP contribution is 2.46. The van der Waals surface area contributed by atoms with Crippen molar-refractivity contribution < 1.29 is 4.57 Å². The first-order valence-electron chi connectivity index (χ1n) is 23.9. The molecular weight excluding hydrogens is 841 g/mol. The van der Waals surface area contributed by atoms with E-state index in [1.807, 2.05) is 36.4 Å². The van der Waals surface area contributed by atoms with Crippen molar-refractivity contribution in [3.63, 3.8) is 0 Å². The first-order chi connectivity index (χ1) is 34.0. The first kappa shape index (κ1) is 40.5. The average Bonchev–Trinajstić information content (AvgIpc) is 3.92. The molecule has 0 atom stereocenters. The Morgan fingerprint density at radius 3 is 1.68 bits per heavy atom. The molecule has 0 amide bonds. The van der Waals surface area contributed by atoms with Crippen molar-refractivity contribution in [2.45, 2.75) is 32.2 Å². The van der Waals surface area contributed by atoms with Gasteiger partial charge in [-0.1, -0.05) is 154 Å². The Bertz CT molecular complexity index is 3930. The number of nitrogens with zero attached hydrogens (tertiary/aromatic N) is 6. The Labute approximate surface area is 400 Å². The Hall–Kier alpha value is -8.74. The van der Waals surface area contributed by atoms with E-state index >= 15 is 0 Å². The van der Waals surface area contributed by atoms with Crippen LogP contribution in [0.2, 0.25) is 0 Å². The lowest BCUT2D eigenvalue weighted by Crippen LogP contribution is -2.59. The van der Waals surface area contributed by atoms with Crippen LogP contribution in [0.3, 0.4) is 0 Å². The van der Waals surface area contributed by atoms with Crippen LogP contribution in [0.5, 0.6) is 0 Å². The predicted molar refractivity (Wildman–Crippen MR) is 283 cm³/mol. The van der Waals surface area contributed by atoms with Crippen molar-refractivity contribution >= 4 is 49.2 Å². The maximum atomic E-state index is 5.29. The molecule has 4 aromatic heterocycles. The molecule has 0 saturated heterocycles. The average molecular weight is 888 g/mol. The summed E-state index contributed by atoms with van der Waals surface area (Å²) in [5, 5.41) is 4.62. The first-order valence-corrected chi connectivity index (χ1v) is 23.9. The molecule has 0 fully saturated rings. The molecular formula is C63H47N6+. The van der Waals surface area contributed by atoms with E-state index < -0.39 is 0 Å². The molecule has 6 heteroatoms. The summed E-state index contributed by atoms with van der Waals surface area (Å²) >= 11 is 0.